The number of carbonyl (C=O) groups excluding carboxylic acids is 2. The minimum Gasteiger partial charge on any atom is -0.332 e. The molecule has 5 nitrogen and oxygen atoms in total. The Balaban J connectivity index is 2.06. The molecule has 1 heterocycles. The second-order valence-corrected chi connectivity index (χ2v) is 4.84. The Labute approximate surface area is 114 Å². The number of rotatable bonds is 4. The smallest absolute Gasteiger partial charge is 0.221 e. The normalized spacial score (nSPS) is 10.0. The number of carbonyl (C=O) groups is 2. The van der Waals surface area contributed by atoms with E-state index in [1.807, 2.05) is 12.1 Å². The van der Waals surface area contributed by atoms with Gasteiger partial charge in [0.2, 0.25) is 5.91 Å². The van der Waals surface area contributed by atoms with Crippen molar-refractivity contribution in [1.82, 2.24) is 4.98 Å². The van der Waals surface area contributed by atoms with Gasteiger partial charge in [0.25, 0.3) is 0 Å². The average Bonchev–Trinajstić information content (AvgIpc) is 2.80. The lowest BCUT2D eigenvalue weighted by Crippen LogP contribution is -2.05. The summed E-state index contributed by atoms with van der Waals surface area (Å²) in [5.74, 6) is -0.156. The Kier molecular flexibility index (Phi) is 3.91. The van der Waals surface area contributed by atoms with Crippen LogP contribution in [0.4, 0.5) is 16.5 Å². The van der Waals surface area contributed by atoms with Gasteiger partial charge in [-0.05, 0) is 24.3 Å². The SMILES string of the molecule is CC(=O)Nc1ccc(Nc2nc(C(C)=O)cs2)cc1. The zero-order valence-electron chi connectivity index (χ0n) is 10.6. The predicted molar refractivity (Wildman–Crippen MR) is 76.1 cm³/mol. The van der Waals surface area contributed by atoms with E-state index < -0.39 is 0 Å². The van der Waals surface area contributed by atoms with Crippen molar-refractivity contribution >= 4 is 39.5 Å². The highest BCUT2D eigenvalue weighted by atomic mass is 32.1. The van der Waals surface area contributed by atoms with Crippen molar-refractivity contribution in [2.45, 2.75) is 13.8 Å². The summed E-state index contributed by atoms with van der Waals surface area (Å²) in [6.45, 7) is 2.95. The molecule has 1 aromatic heterocycles. The molecule has 0 aliphatic carbocycles. The molecule has 0 aliphatic rings. The average molecular weight is 275 g/mol. The van der Waals surface area contributed by atoms with Crippen LogP contribution in [0.2, 0.25) is 0 Å². The third-order valence-electron chi connectivity index (χ3n) is 2.32. The number of nitrogens with zero attached hydrogens (tertiary/aromatic N) is 1. The molecule has 6 heteroatoms. The Morgan fingerprint density at radius 1 is 1.11 bits per heavy atom. The lowest BCUT2D eigenvalue weighted by atomic mass is 10.3. The first-order valence-electron chi connectivity index (χ1n) is 5.66. The van der Waals surface area contributed by atoms with Gasteiger partial charge in [-0.25, -0.2) is 4.98 Å². The molecule has 0 unspecified atom stereocenters. The van der Waals surface area contributed by atoms with Gasteiger partial charge < -0.3 is 10.6 Å². The molecule has 98 valence electrons. The van der Waals surface area contributed by atoms with Crippen molar-refractivity contribution in [1.29, 1.82) is 0 Å². The minimum absolute atomic E-state index is 0.0506. The number of anilines is 3. The molecule has 1 amide bonds. The Morgan fingerprint density at radius 3 is 2.26 bits per heavy atom. The summed E-state index contributed by atoms with van der Waals surface area (Å²) in [7, 11) is 0. The van der Waals surface area contributed by atoms with Crippen LogP contribution in [0.25, 0.3) is 0 Å². The van der Waals surface area contributed by atoms with Gasteiger partial charge in [-0.15, -0.1) is 11.3 Å². The van der Waals surface area contributed by atoms with E-state index in [1.165, 1.54) is 25.2 Å². The number of amides is 1. The Morgan fingerprint density at radius 2 is 1.74 bits per heavy atom. The lowest BCUT2D eigenvalue weighted by Gasteiger charge is -2.05. The molecule has 0 saturated heterocycles. The van der Waals surface area contributed by atoms with Gasteiger partial charge in [-0.2, -0.15) is 0 Å². The summed E-state index contributed by atoms with van der Waals surface area (Å²) < 4.78 is 0. The zero-order valence-corrected chi connectivity index (χ0v) is 11.4. The van der Waals surface area contributed by atoms with Crippen molar-refractivity contribution in [2.24, 2.45) is 0 Å². The van der Waals surface area contributed by atoms with Crippen LogP contribution >= 0.6 is 11.3 Å². The van der Waals surface area contributed by atoms with E-state index in [4.69, 9.17) is 0 Å². The molecule has 2 aromatic rings. The monoisotopic (exact) mass is 275 g/mol. The van der Waals surface area contributed by atoms with Crippen molar-refractivity contribution in [3.05, 3.63) is 35.3 Å². The van der Waals surface area contributed by atoms with Gasteiger partial charge in [0.15, 0.2) is 10.9 Å². The van der Waals surface area contributed by atoms with Crippen LogP contribution in [-0.2, 0) is 4.79 Å². The van der Waals surface area contributed by atoms with Gasteiger partial charge in [-0.1, -0.05) is 0 Å². The summed E-state index contributed by atoms with van der Waals surface area (Å²) >= 11 is 1.37. The molecule has 0 radical (unpaired) electrons. The fourth-order valence-electron chi connectivity index (χ4n) is 1.46. The number of aromatic nitrogens is 1. The predicted octanol–water partition coefficient (Wildman–Crippen LogP) is 3.05. The summed E-state index contributed by atoms with van der Waals surface area (Å²) in [5, 5.41) is 8.18. The number of Topliss-reactive ketones (excluding diaryl/α,β-unsaturated/α-hetero) is 1. The van der Waals surface area contributed by atoms with Crippen LogP contribution in [0.15, 0.2) is 29.6 Å². The number of benzene rings is 1. The molecule has 1 aromatic carbocycles. The van der Waals surface area contributed by atoms with Crippen LogP contribution in [0.5, 0.6) is 0 Å². The maximum atomic E-state index is 11.1. The van der Waals surface area contributed by atoms with E-state index in [1.54, 1.807) is 17.5 Å². The number of hydrogen-bond donors (Lipinski definition) is 2. The molecule has 19 heavy (non-hydrogen) atoms. The molecular weight excluding hydrogens is 262 g/mol. The van der Waals surface area contributed by atoms with Crippen molar-refractivity contribution in [3.8, 4) is 0 Å². The van der Waals surface area contributed by atoms with Crippen LogP contribution in [0.3, 0.4) is 0 Å². The third kappa shape index (κ3) is 3.62. The molecule has 0 bridgehead atoms. The van der Waals surface area contributed by atoms with E-state index in [-0.39, 0.29) is 11.7 Å². The van der Waals surface area contributed by atoms with E-state index in [0.29, 0.717) is 10.8 Å². The first kappa shape index (κ1) is 13.2. The third-order valence-corrected chi connectivity index (χ3v) is 3.08. The minimum atomic E-state index is -0.105. The van der Waals surface area contributed by atoms with E-state index in [9.17, 15) is 9.59 Å². The summed E-state index contributed by atoms with van der Waals surface area (Å²) in [4.78, 5) is 26.2. The van der Waals surface area contributed by atoms with Crippen LogP contribution in [0.1, 0.15) is 24.3 Å². The molecule has 2 rings (SSSR count). The molecular formula is C13H13N3O2S. The van der Waals surface area contributed by atoms with Gasteiger partial charge >= 0.3 is 0 Å². The maximum Gasteiger partial charge on any atom is 0.221 e. The summed E-state index contributed by atoms with van der Waals surface area (Å²) in [5.41, 5.74) is 2.04. The van der Waals surface area contributed by atoms with Gasteiger partial charge in [0, 0.05) is 30.6 Å². The van der Waals surface area contributed by atoms with E-state index in [2.05, 4.69) is 15.6 Å². The molecule has 0 saturated carbocycles. The quantitative estimate of drug-likeness (QED) is 0.841. The highest BCUT2D eigenvalue weighted by Gasteiger charge is 2.06. The van der Waals surface area contributed by atoms with Crippen molar-refractivity contribution in [2.75, 3.05) is 10.6 Å². The fourth-order valence-corrected chi connectivity index (χ4v) is 2.23. The molecule has 0 aliphatic heterocycles. The lowest BCUT2D eigenvalue weighted by molar-refractivity contribution is -0.114. The van der Waals surface area contributed by atoms with Crippen molar-refractivity contribution < 1.29 is 9.59 Å². The fraction of sp³-hybridized carbons (Fsp3) is 0.154. The standard InChI is InChI=1S/C13H13N3O2S/c1-8(17)12-7-19-13(16-12)15-11-5-3-10(4-6-11)14-9(2)18/h3-7H,1-2H3,(H,14,18)(H,15,16). The largest absolute Gasteiger partial charge is 0.332 e. The maximum absolute atomic E-state index is 11.1. The highest BCUT2D eigenvalue weighted by Crippen LogP contribution is 2.22. The van der Waals surface area contributed by atoms with E-state index >= 15 is 0 Å². The topological polar surface area (TPSA) is 71.1 Å². The Bertz CT molecular complexity index is 605. The molecule has 0 fully saturated rings. The van der Waals surface area contributed by atoms with Crippen molar-refractivity contribution in [3.63, 3.8) is 0 Å². The molecule has 2 N–H and O–H groups in total. The second-order valence-electron chi connectivity index (χ2n) is 3.98. The Hall–Kier alpha value is -2.21. The highest BCUT2D eigenvalue weighted by molar-refractivity contribution is 7.14. The van der Waals surface area contributed by atoms with Crippen LogP contribution in [-0.4, -0.2) is 16.7 Å². The summed E-state index contributed by atoms with van der Waals surface area (Å²) in [6.07, 6.45) is 0. The first-order valence-corrected chi connectivity index (χ1v) is 6.53. The van der Waals surface area contributed by atoms with E-state index in [0.717, 1.165) is 11.4 Å². The zero-order chi connectivity index (χ0) is 13.8. The van der Waals surface area contributed by atoms with Gasteiger partial charge in [0.05, 0.1) is 0 Å². The number of hydrogen-bond acceptors (Lipinski definition) is 5. The molecule has 0 spiro atoms. The number of ketones is 1. The summed E-state index contributed by atoms with van der Waals surface area (Å²) in [6, 6.07) is 7.26. The van der Waals surface area contributed by atoms with Crippen LogP contribution in [0, 0.1) is 0 Å². The second kappa shape index (κ2) is 5.62. The van der Waals surface area contributed by atoms with Gasteiger partial charge in [-0.3, -0.25) is 9.59 Å². The molecule has 0 atom stereocenters. The number of nitrogens with one attached hydrogen (secondary N) is 2. The number of thiazole rings is 1. The van der Waals surface area contributed by atoms with Crippen LogP contribution < -0.4 is 10.6 Å². The van der Waals surface area contributed by atoms with Gasteiger partial charge in [0.1, 0.15) is 5.69 Å². The first-order chi connectivity index (χ1) is 9.04.